The highest BCUT2D eigenvalue weighted by Crippen LogP contribution is 2.11. The molecule has 0 heterocycles. The molecule has 0 atom stereocenters. The van der Waals surface area contributed by atoms with Crippen molar-refractivity contribution < 1.29 is 18.7 Å². The van der Waals surface area contributed by atoms with E-state index in [1.165, 1.54) is 12.1 Å². The van der Waals surface area contributed by atoms with Crippen molar-refractivity contribution in [2.45, 2.75) is 13.2 Å². The van der Waals surface area contributed by atoms with Gasteiger partial charge in [0.25, 0.3) is 0 Å². The van der Waals surface area contributed by atoms with Gasteiger partial charge in [-0.3, -0.25) is 4.79 Å². The lowest BCUT2D eigenvalue weighted by Crippen LogP contribution is -2.19. The molecule has 0 spiro atoms. The molecule has 0 aliphatic rings. The standard InChI is InChI=1S/C18H16FNO3/c1-2-17(21)20-11-13-7-9-14(10-8-13)18(22)23-12-15-5-3-4-6-16(15)19/h2-10H,1,11-12H2,(H,20,21). The Bertz CT molecular complexity index is 710. The van der Waals surface area contributed by atoms with Crippen molar-refractivity contribution in [2.75, 3.05) is 0 Å². The summed E-state index contributed by atoms with van der Waals surface area (Å²) in [4.78, 5) is 23.0. The third-order valence-corrected chi connectivity index (χ3v) is 3.16. The first kappa shape index (κ1) is 16.4. The molecule has 2 aromatic rings. The second-order valence-electron chi connectivity index (χ2n) is 4.79. The highest BCUT2D eigenvalue weighted by molar-refractivity contribution is 5.89. The van der Waals surface area contributed by atoms with E-state index in [2.05, 4.69) is 11.9 Å². The third kappa shape index (κ3) is 4.78. The molecule has 0 unspecified atom stereocenters. The van der Waals surface area contributed by atoms with Crippen LogP contribution in [0.5, 0.6) is 0 Å². The van der Waals surface area contributed by atoms with Crippen LogP contribution in [0.15, 0.2) is 61.2 Å². The maximum atomic E-state index is 13.4. The van der Waals surface area contributed by atoms with Crippen LogP contribution in [0.2, 0.25) is 0 Å². The van der Waals surface area contributed by atoms with Crippen LogP contribution >= 0.6 is 0 Å². The van der Waals surface area contributed by atoms with Crippen molar-refractivity contribution in [2.24, 2.45) is 0 Å². The fourth-order valence-corrected chi connectivity index (χ4v) is 1.86. The first-order valence-electron chi connectivity index (χ1n) is 7.00. The summed E-state index contributed by atoms with van der Waals surface area (Å²) in [6.45, 7) is 3.58. The molecule has 1 N–H and O–H groups in total. The van der Waals surface area contributed by atoms with Crippen LogP contribution in [0.25, 0.3) is 0 Å². The van der Waals surface area contributed by atoms with Crippen LogP contribution in [0, 0.1) is 5.82 Å². The van der Waals surface area contributed by atoms with Crippen molar-refractivity contribution in [3.8, 4) is 0 Å². The summed E-state index contributed by atoms with van der Waals surface area (Å²) in [5, 5.41) is 2.64. The Balaban J connectivity index is 1.91. The number of amides is 1. The molecule has 0 bridgehead atoms. The molecular weight excluding hydrogens is 297 g/mol. The van der Waals surface area contributed by atoms with E-state index in [-0.39, 0.29) is 12.5 Å². The molecule has 2 aromatic carbocycles. The first-order chi connectivity index (χ1) is 11.1. The van der Waals surface area contributed by atoms with Gasteiger partial charge < -0.3 is 10.1 Å². The van der Waals surface area contributed by atoms with Crippen LogP contribution in [0.4, 0.5) is 4.39 Å². The number of carbonyl (C=O) groups is 2. The third-order valence-electron chi connectivity index (χ3n) is 3.16. The van der Waals surface area contributed by atoms with Crippen LogP contribution in [0.1, 0.15) is 21.5 Å². The Labute approximate surface area is 133 Å². The minimum absolute atomic E-state index is 0.122. The molecule has 0 saturated heterocycles. The molecule has 0 fully saturated rings. The fraction of sp³-hybridized carbons (Fsp3) is 0.111. The Morgan fingerprint density at radius 2 is 1.83 bits per heavy atom. The Kier molecular flexibility index (Phi) is 5.63. The van der Waals surface area contributed by atoms with E-state index in [4.69, 9.17) is 4.74 Å². The number of carbonyl (C=O) groups excluding carboxylic acids is 2. The number of rotatable bonds is 6. The summed E-state index contributed by atoms with van der Waals surface area (Å²) in [5.74, 6) is -1.21. The Morgan fingerprint density at radius 3 is 2.48 bits per heavy atom. The summed E-state index contributed by atoms with van der Waals surface area (Å²) in [6, 6.07) is 12.7. The van der Waals surface area contributed by atoms with Gasteiger partial charge in [0.1, 0.15) is 12.4 Å². The molecule has 2 rings (SSSR count). The van der Waals surface area contributed by atoms with E-state index in [1.807, 2.05) is 0 Å². The van der Waals surface area contributed by atoms with E-state index >= 15 is 0 Å². The molecule has 0 aliphatic heterocycles. The smallest absolute Gasteiger partial charge is 0.338 e. The van der Waals surface area contributed by atoms with Gasteiger partial charge in [0.2, 0.25) is 5.91 Å². The van der Waals surface area contributed by atoms with Gasteiger partial charge in [-0.2, -0.15) is 0 Å². The van der Waals surface area contributed by atoms with E-state index in [0.717, 1.165) is 5.56 Å². The maximum Gasteiger partial charge on any atom is 0.338 e. The van der Waals surface area contributed by atoms with Gasteiger partial charge in [0, 0.05) is 12.1 Å². The zero-order valence-corrected chi connectivity index (χ0v) is 12.4. The predicted molar refractivity (Wildman–Crippen MR) is 84.0 cm³/mol. The molecule has 4 nitrogen and oxygen atoms in total. The van der Waals surface area contributed by atoms with Crippen molar-refractivity contribution in [1.29, 1.82) is 0 Å². The van der Waals surface area contributed by atoms with Gasteiger partial charge in [0.15, 0.2) is 0 Å². The van der Waals surface area contributed by atoms with Gasteiger partial charge in [-0.05, 0) is 29.8 Å². The quantitative estimate of drug-likeness (QED) is 0.659. The first-order valence-corrected chi connectivity index (χ1v) is 7.00. The van der Waals surface area contributed by atoms with Crippen LogP contribution < -0.4 is 5.32 Å². The van der Waals surface area contributed by atoms with E-state index in [9.17, 15) is 14.0 Å². The highest BCUT2D eigenvalue weighted by atomic mass is 19.1. The molecule has 23 heavy (non-hydrogen) atoms. The summed E-state index contributed by atoms with van der Waals surface area (Å²) in [7, 11) is 0. The molecular formula is C18H16FNO3. The number of hydrogen-bond acceptors (Lipinski definition) is 3. The average Bonchev–Trinajstić information content (AvgIpc) is 2.59. The molecule has 1 amide bonds. The van der Waals surface area contributed by atoms with Crippen molar-refractivity contribution in [3.63, 3.8) is 0 Å². The molecule has 5 heteroatoms. The summed E-state index contributed by atoms with van der Waals surface area (Å²) in [6.07, 6.45) is 1.19. The van der Waals surface area contributed by atoms with E-state index < -0.39 is 11.8 Å². The molecule has 118 valence electrons. The van der Waals surface area contributed by atoms with Crippen molar-refractivity contribution >= 4 is 11.9 Å². The van der Waals surface area contributed by atoms with E-state index in [0.29, 0.717) is 17.7 Å². The lowest BCUT2D eigenvalue weighted by molar-refractivity contribution is -0.116. The fourth-order valence-electron chi connectivity index (χ4n) is 1.86. The zero-order chi connectivity index (χ0) is 16.7. The number of nitrogens with one attached hydrogen (secondary N) is 1. The highest BCUT2D eigenvalue weighted by Gasteiger charge is 2.09. The monoisotopic (exact) mass is 313 g/mol. The van der Waals surface area contributed by atoms with E-state index in [1.54, 1.807) is 42.5 Å². The summed E-state index contributed by atoms with van der Waals surface area (Å²) in [5.41, 5.74) is 1.52. The number of esters is 1. The molecule has 0 aromatic heterocycles. The molecule has 0 radical (unpaired) electrons. The lowest BCUT2D eigenvalue weighted by atomic mass is 10.1. The van der Waals surface area contributed by atoms with Crippen molar-refractivity contribution in [1.82, 2.24) is 5.32 Å². The van der Waals surface area contributed by atoms with Gasteiger partial charge >= 0.3 is 5.97 Å². The SMILES string of the molecule is C=CC(=O)NCc1ccc(C(=O)OCc2ccccc2F)cc1. The molecule has 0 saturated carbocycles. The van der Waals surface area contributed by atoms with Crippen molar-refractivity contribution in [3.05, 3.63) is 83.7 Å². The van der Waals surface area contributed by atoms with Crippen LogP contribution in [0.3, 0.4) is 0 Å². The molecule has 0 aliphatic carbocycles. The van der Waals surface area contributed by atoms with Crippen LogP contribution in [-0.4, -0.2) is 11.9 Å². The number of hydrogen-bond donors (Lipinski definition) is 1. The Hall–Kier alpha value is -2.95. The number of benzene rings is 2. The second kappa shape index (κ2) is 7.89. The minimum Gasteiger partial charge on any atom is -0.457 e. The topological polar surface area (TPSA) is 55.4 Å². The second-order valence-corrected chi connectivity index (χ2v) is 4.79. The average molecular weight is 313 g/mol. The maximum absolute atomic E-state index is 13.4. The van der Waals surface area contributed by atoms with Gasteiger partial charge in [-0.15, -0.1) is 0 Å². The predicted octanol–water partition coefficient (Wildman–Crippen LogP) is 2.98. The van der Waals surface area contributed by atoms with Crippen LogP contribution in [-0.2, 0) is 22.7 Å². The van der Waals surface area contributed by atoms with Gasteiger partial charge in [-0.25, -0.2) is 9.18 Å². The summed E-state index contributed by atoms with van der Waals surface area (Å²) >= 11 is 0. The lowest BCUT2D eigenvalue weighted by Gasteiger charge is -2.07. The largest absolute Gasteiger partial charge is 0.457 e. The van der Waals surface area contributed by atoms with Gasteiger partial charge in [-0.1, -0.05) is 36.9 Å². The zero-order valence-electron chi connectivity index (χ0n) is 12.4. The summed E-state index contributed by atoms with van der Waals surface area (Å²) < 4.78 is 18.5. The number of halogens is 1. The Morgan fingerprint density at radius 1 is 1.13 bits per heavy atom. The normalized spacial score (nSPS) is 9.96. The minimum atomic E-state index is -0.532. The van der Waals surface area contributed by atoms with Gasteiger partial charge in [0.05, 0.1) is 5.56 Å². The number of ether oxygens (including phenoxy) is 1.